The van der Waals surface area contributed by atoms with Crippen LogP contribution in [0.3, 0.4) is 0 Å². The van der Waals surface area contributed by atoms with E-state index in [1.165, 1.54) is 0 Å². The van der Waals surface area contributed by atoms with Crippen LogP contribution in [0.25, 0.3) is 0 Å². The second-order valence-electron chi connectivity index (χ2n) is 4.19. The lowest BCUT2D eigenvalue weighted by Gasteiger charge is -2.35. The van der Waals surface area contributed by atoms with Crippen molar-refractivity contribution in [1.29, 1.82) is 0 Å². The Balaban J connectivity index is 2.24. The topological polar surface area (TPSA) is 50.4 Å². The summed E-state index contributed by atoms with van der Waals surface area (Å²) in [5.41, 5.74) is 0.817. The Morgan fingerprint density at radius 2 is 2.00 bits per heavy atom. The highest BCUT2D eigenvalue weighted by molar-refractivity contribution is 5.76. The minimum atomic E-state index is -0.283. The van der Waals surface area contributed by atoms with E-state index in [2.05, 4.69) is 10.6 Å². The van der Waals surface area contributed by atoms with E-state index < -0.39 is 0 Å². The van der Waals surface area contributed by atoms with E-state index in [0.717, 1.165) is 17.7 Å². The monoisotopic (exact) mass is 220 g/mol. The number of amides is 2. The van der Waals surface area contributed by atoms with Crippen molar-refractivity contribution in [2.45, 2.75) is 18.9 Å². The summed E-state index contributed by atoms with van der Waals surface area (Å²) in [6, 6.07) is 7.70. The zero-order valence-corrected chi connectivity index (χ0v) is 9.54. The largest absolute Gasteiger partial charge is 0.497 e. The quantitative estimate of drug-likeness (QED) is 0.795. The molecule has 1 aliphatic rings. The Kier molecular flexibility index (Phi) is 2.73. The van der Waals surface area contributed by atoms with Crippen LogP contribution in [0.1, 0.15) is 18.9 Å². The van der Waals surface area contributed by atoms with Crippen LogP contribution in [0, 0.1) is 0 Å². The summed E-state index contributed by atoms with van der Waals surface area (Å²) in [5.74, 6) is 0.826. The van der Waals surface area contributed by atoms with Crippen LogP contribution in [-0.4, -0.2) is 19.7 Å². The zero-order valence-electron chi connectivity index (χ0n) is 9.54. The van der Waals surface area contributed by atoms with Gasteiger partial charge in [0.05, 0.1) is 12.6 Å². The van der Waals surface area contributed by atoms with Gasteiger partial charge in [-0.15, -0.1) is 0 Å². The van der Waals surface area contributed by atoms with Crippen molar-refractivity contribution in [2.75, 3.05) is 13.7 Å². The third-order valence-electron chi connectivity index (χ3n) is 3.03. The smallest absolute Gasteiger partial charge is 0.315 e. The molecule has 1 aromatic rings. The number of rotatable bonds is 2. The summed E-state index contributed by atoms with van der Waals surface area (Å²) < 4.78 is 5.11. The highest BCUT2D eigenvalue weighted by Gasteiger charge is 2.31. The third-order valence-corrected chi connectivity index (χ3v) is 3.03. The summed E-state index contributed by atoms with van der Waals surface area (Å²) in [4.78, 5) is 11.3. The van der Waals surface area contributed by atoms with E-state index in [1.54, 1.807) is 7.11 Å². The van der Waals surface area contributed by atoms with Crippen LogP contribution < -0.4 is 15.4 Å². The maximum Gasteiger partial charge on any atom is 0.315 e. The Morgan fingerprint density at radius 3 is 2.56 bits per heavy atom. The van der Waals surface area contributed by atoms with Gasteiger partial charge in [-0.05, 0) is 31.0 Å². The van der Waals surface area contributed by atoms with Crippen LogP contribution in [0.5, 0.6) is 5.75 Å². The first-order chi connectivity index (χ1) is 7.64. The minimum Gasteiger partial charge on any atom is -0.497 e. The lowest BCUT2D eigenvalue weighted by molar-refractivity contribution is 0.211. The van der Waals surface area contributed by atoms with Gasteiger partial charge in [0, 0.05) is 6.54 Å². The molecule has 16 heavy (non-hydrogen) atoms. The number of methoxy groups -OCH3 is 1. The minimum absolute atomic E-state index is 0.107. The lowest BCUT2D eigenvalue weighted by Crippen LogP contribution is -2.54. The summed E-state index contributed by atoms with van der Waals surface area (Å²) >= 11 is 0. The molecule has 0 aromatic heterocycles. The zero-order chi connectivity index (χ0) is 11.6. The van der Waals surface area contributed by atoms with Gasteiger partial charge < -0.3 is 15.4 Å². The van der Waals surface area contributed by atoms with Crippen LogP contribution in [0.15, 0.2) is 24.3 Å². The standard InChI is InChI=1S/C12H16N2O2/c1-12(7-8-13-11(15)14-12)9-3-5-10(16-2)6-4-9/h3-6H,7-8H2,1-2H3,(H2,13,14,15). The summed E-state index contributed by atoms with van der Waals surface area (Å²) in [6.07, 6.45) is 0.880. The molecule has 0 radical (unpaired) electrons. The Morgan fingerprint density at radius 1 is 1.31 bits per heavy atom. The molecule has 1 aromatic carbocycles. The predicted molar refractivity (Wildman–Crippen MR) is 61.5 cm³/mol. The fourth-order valence-electron chi connectivity index (χ4n) is 1.96. The van der Waals surface area contributed by atoms with Crippen LogP contribution in [0.2, 0.25) is 0 Å². The molecule has 86 valence electrons. The fraction of sp³-hybridized carbons (Fsp3) is 0.417. The number of urea groups is 1. The summed E-state index contributed by atoms with van der Waals surface area (Å²) in [7, 11) is 1.64. The molecule has 1 unspecified atom stereocenters. The number of benzene rings is 1. The highest BCUT2D eigenvalue weighted by Crippen LogP contribution is 2.27. The number of hydrogen-bond donors (Lipinski definition) is 2. The van der Waals surface area contributed by atoms with Crippen molar-refractivity contribution in [1.82, 2.24) is 10.6 Å². The van der Waals surface area contributed by atoms with Gasteiger partial charge in [-0.2, -0.15) is 0 Å². The fourth-order valence-corrected chi connectivity index (χ4v) is 1.96. The van der Waals surface area contributed by atoms with Crippen LogP contribution >= 0.6 is 0 Å². The maximum absolute atomic E-state index is 11.3. The molecule has 0 bridgehead atoms. The molecule has 0 saturated carbocycles. The molecule has 1 fully saturated rings. The van der Waals surface area contributed by atoms with Crippen molar-refractivity contribution >= 4 is 6.03 Å². The highest BCUT2D eigenvalue weighted by atomic mass is 16.5. The van der Waals surface area contributed by atoms with Crippen molar-refractivity contribution in [2.24, 2.45) is 0 Å². The molecule has 1 atom stereocenters. The average Bonchev–Trinajstić information content (AvgIpc) is 2.29. The second-order valence-corrected chi connectivity index (χ2v) is 4.19. The number of hydrogen-bond acceptors (Lipinski definition) is 2. The molecule has 1 aliphatic heterocycles. The van der Waals surface area contributed by atoms with E-state index in [1.807, 2.05) is 31.2 Å². The van der Waals surface area contributed by atoms with Gasteiger partial charge in [0.15, 0.2) is 0 Å². The van der Waals surface area contributed by atoms with E-state index in [0.29, 0.717) is 6.54 Å². The number of carbonyl (C=O) groups excluding carboxylic acids is 1. The Hall–Kier alpha value is -1.71. The number of carbonyl (C=O) groups is 1. The molecular formula is C12H16N2O2. The lowest BCUT2D eigenvalue weighted by atomic mass is 9.87. The first-order valence-electron chi connectivity index (χ1n) is 5.34. The van der Waals surface area contributed by atoms with Crippen molar-refractivity contribution in [3.8, 4) is 5.75 Å². The normalized spacial score (nSPS) is 24.5. The molecule has 0 spiro atoms. The van der Waals surface area contributed by atoms with Crippen molar-refractivity contribution in [3.63, 3.8) is 0 Å². The molecule has 2 rings (SSSR count). The number of ether oxygens (including phenoxy) is 1. The van der Waals surface area contributed by atoms with Gasteiger partial charge in [0.2, 0.25) is 0 Å². The SMILES string of the molecule is COc1ccc(C2(C)CCNC(=O)N2)cc1. The van der Waals surface area contributed by atoms with E-state index in [9.17, 15) is 4.79 Å². The molecule has 1 heterocycles. The van der Waals surface area contributed by atoms with E-state index in [4.69, 9.17) is 4.74 Å². The first kappa shape index (κ1) is 10.8. The Bertz CT molecular complexity index is 389. The molecular weight excluding hydrogens is 204 g/mol. The molecule has 4 nitrogen and oxygen atoms in total. The molecule has 2 N–H and O–H groups in total. The maximum atomic E-state index is 11.3. The molecule has 4 heteroatoms. The second kappa shape index (κ2) is 4.04. The van der Waals surface area contributed by atoms with Gasteiger partial charge in [-0.1, -0.05) is 12.1 Å². The summed E-state index contributed by atoms with van der Waals surface area (Å²) in [5, 5.41) is 5.71. The van der Waals surface area contributed by atoms with Crippen LogP contribution in [0.4, 0.5) is 4.79 Å². The van der Waals surface area contributed by atoms with E-state index in [-0.39, 0.29) is 11.6 Å². The van der Waals surface area contributed by atoms with E-state index >= 15 is 0 Å². The molecule has 0 aliphatic carbocycles. The van der Waals surface area contributed by atoms with Gasteiger partial charge in [0.25, 0.3) is 0 Å². The van der Waals surface area contributed by atoms with Crippen LogP contribution in [-0.2, 0) is 5.54 Å². The molecule has 1 saturated heterocycles. The third kappa shape index (κ3) is 1.96. The van der Waals surface area contributed by atoms with Gasteiger partial charge in [-0.3, -0.25) is 0 Å². The van der Waals surface area contributed by atoms with Gasteiger partial charge in [0.1, 0.15) is 5.75 Å². The average molecular weight is 220 g/mol. The van der Waals surface area contributed by atoms with Crippen molar-refractivity contribution < 1.29 is 9.53 Å². The predicted octanol–water partition coefficient (Wildman–Crippen LogP) is 1.61. The number of nitrogens with one attached hydrogen (secondary N) is 2. The first-order valence-corrected chi connectivity index (χ1v) is 5.34. The van der Waals surface area contributed by atoms with Crippen molar-refractivity contribution in [3.05, 3.63) is 29.8 Å². The molecule has 2 amide bonds. The van der Waals surface area contributed by atoms with Gasteiger partial charge in [-0.25, -0.2) is 4.79 Å². The summed E-state index contributed by atoms with van der Waals surface area (Å²) in [6.45, 7) is 2.74. The Labute approximate surface area is 95.0 Å². The van der Waals surface area contributed by atoms with Gasteiger partial charge >= 0.3 is 6.03 Å².